The second-order valence-electron chi connectivity index (χ2n) is 5.26. The number of rotatable bonds is 5. The molecule has 0 aliphatic carbocycles. The van der Waals surface area contributed by atoms with Gasteiger partial charge in [-0.1, -0.05) is 17.7 Å². The van der Waals surface area contributed by atoms with E-state index in [0.29, 0.717) is 28.0 Å². The van der Waals surface area contributed by atoms with E-state index >= 15 is 0 Å². The summed E-state index contributed by atoms with van der Waals surface area (Å²) in [5.74, 6) is -0.289. The first-order chi connectivity index (χ1) is 11.5. The third-order valence-corrected chi connectivity index (χ3v) is 4.98. The maximum absolute atomic E-state index is 11.6. The van der Waals surface area contributed by atoms with Crippen LogP contribution in [0.3, 0.4) is 0 Å². The summed E-state index contributed by atoms with van der Waals surface area (Å²) >= 11 is 7.43. The Morgan fingerprint density at radius 3 is 2.92 bits per heavy atom. The van der Waals surface area contributed by atoms with Gasteiger partial charge in [0, 0.05) is 21.7 Å². The number of aromatic nitrogens is 2. The number of imidazole rings is 1. The quantitative estimate of drug-likeness (QED) is 0.509. The molecule has 3 rings (SSSR count). The molecule has 0 N–H and O–H groups in total. The first-order valence-electron chi connectivity index (χ1n) is 7.41. The number of carbonyl (C=O) groups is 2. The molecule has 0 radical (unpaired) electrons. The van der Waals surface area contributed by atoms with Crippen molar-refractivity contribution in [2.24, 2.45) is 0 Å². The molecule has 2 heterocycles. The summed E-state index contributed by atoms with van der Waals surface area (Å²) in [4.78, 5) is 29.2. The van der Waals surface area contributed by atoms with Gasteiger partial charge in [0.1, 0.15) is 11.4 Å². The molecule has 2 aromatic heterocycles. The third-order valence-electron chi connectivity index (χ3n) is 3.58. The van der Waals surface area contributed by atoms with Crippen LogP contribution in [0.1, 0.15) is 27.9 Å². The van der Waals surface area contributed by atoms with Crippen LogP contribution in [0.25, 0.3) is 16.2 Å². The Labute approximate surface area is 147 Å². The Balaban J connectivity index is 2.01. The zero-order chi connectivity index (χ0) is 17.3. The van der Waals surface area contributed by atoms with Gasteiger partial charge >= 0.3 is 5.97 Å². The molecule has 24 heavy (non-hydrogen) atoms. The van der Waals surface area contributed by atoms with Gasteiger partial charge in [0.05, 0.1) is 13.0 Å². The van der Waals surface area contributed by atoms with Gasteiger partial charge in [-0.15, -0.1) is 11.3 Å². The first-order valence-corrected chi connectivity index (χ1v) is 8.61. The molecule has 0 saturated carbocycles. The van der Waals surface area contributed by atoms with Crippen molar-refractivity contribution in [1.29, 1.82) is 0 Å². The maximum atomic E-state index is 11.6. The van der Waals surface area contributed by atoms with E-state index in [1.165, 1.54) is 11.3 Å². The SMILES string of the molecule is CCOC(=O)Cc1cn2c(C=O)c(-c3ccc(Cl)c(C)c3)nc2s1. The van der Waals surface area contributed by atoms with Gasteiger partial charge in [0.2, 0.25) is 0 Å². The van der Waals surface area contributed by atoms with Crippen molar-refractivity contribution in [2.75, 3.05) is 6.61 Å². The number of aryl methyl sites for hydroxylation is 1. The van der Waals surface area contributed by atoms with Gasteiger partial charge in [-0.25, -0.2) is 4.98 Å². The van der Waals surface area contributed by atoms with Crippen LogP contribution >= 0.6 is 22.9 Å². The number of ether oxygens (including phenoxy) is 1. The number of hydrogen-bond acceptors (Lipinski definition) is 5. The molecule has 0 unspecified atom stereocenters. The number of esters is 1. The summed E-state index contributed by atoms with van der Waals surface area (Å²) in [6.07, 6.45) is 2.72. The van der Waals surface area contributed by atoms with Crippen LogP contribution in [0, 0.1) is 6.92 Å². The molecule has 0 spiro atoms. The average Bonchev–Trinajstić information content (AvgIpc) is 3.06. The van der Waals surface area contributed by atoms with E-state index in [4.69, 9.17) is 16.3 Å². The van der Waals surface area contributed by atoms with Crippen molar-refractivity contribution in [1.82, 2.24) is 9.38 Å². The van der Waals surface area contributed by atoms with Gasteiger partial charge in [0.15, 0.2) is 11.2 Å². The van der Waals surface area contributed by atoms with E-state index in [1.807, 2.05) is 19.1 Å². The fourth-order valence-electron chi connectivity index (χ4n) is 2.46. The van der Waals surface area contributed by atoms with E-state index in [9.17, 15) is 9.59 Å². The Morgan fingerprint density at radius 2 is 2.25 bits per heavy atom. The molecule has 0 aliphatic rings. The number of nitrogens with zero attached hydrogens (tertiary/aromatic N) is 2. The molecule has 1 aromatic carbocycles. The minimum atomic E-state index is -0.289. The van der Waals surface area contributed by atoms with Crippen molar-refractivity contribution < 1.29 is 14.3 Å². The fraction of sp³-hybridized carbons (Fsp3) is 0.235. The van der Waals surface area contributed by atoms with Crippen LogP contribution in [0.2, 0.25) is 5.02 Å². The molecule has 124 valence electrons. The number of halogens is 1. The van der Waals surface area contributed by atoms with Gasteiger partial charge in [-0.05, 0) is 31.5 Å². The monoisotopic (exact) mass is 362 g/mol. The molecule has 0 amide bonds. The topological polar surface area (TPSA) is 60.7 Å². The number of hydrogen-bond donors (Lipinski definition) is 0. The van der Waals surface area contributed by atoms with E-state index < -0.39 is 0 Å². The Morgan fingerprint density at radius 1 is 1.46 bits per heavy atom. The first kappa shape index (κ1) is 16.7. The summed E-state index contributed by atoms with van der Waals surface area (Å²) in [6, 6.07) is 5.54. The van der Waals surface area contributed by atoms with Crippen LogP contribution in [0.5, 0.6) is 0 Å². The highest BCUT2D eigenvalue weighted by atomic mass is 35.5. The second-order valence-corrected chi connectivity index (χ2v) is 6.76. The third kappa shape index (κ3) is 3.07. The number of aldehydes is 1. The van der Waals surface area contributed by atoms with Crippen LogP contribution in [0.15, 0.2) is 24.4 Å². The smallest absolute Gasteiger partial charge is 0.311 e. The molecule has 0 saturated heterocycles. The number of thiazole rings is 1. The fourth-order valence-corrected chi connectivity index (χ4v) is 3.55. The highest BCUT2D eigenvalue weighted by Crippen LogP contribution is 2.30. The predicted octanol–water partition coefficient (Wildman–Crippen LogP) is 3.94. The van der Waals surface area contributed by atoms with Crippen LogP contribution in [-0.4, -0.2) is 28.2 Å². The minimum Gasteiger partial charge on any atom is -0.466 e. The van der Waals surface area contributed by atoms with Gasteiger partial charge in [-0.3, -0.25) is 14.0 Å². The minimum absolute atomic E-state index is 0.176. The zero-order valence-electron chi connectivity index (χ0n) is 13.2. The van der Waals surface area contributed by atoms with Crippen molar-refractivity contribution >= 4 is 40.2 Å². The Kier molecular flexibility index (Phi) is 4.69. The second kappa shape index (κ2) is 6.75. The molecule has 3 aromatic rings. The van der Waals surface area contributed by atoms with Crippen molar-refractivity contribution in [3.05, 3.63) is 45.6 Å². The maximum Gasteiger partial charge on any atom is 0.311 e. The predicted molar refractivity (Wildman–Crippen MR) is 94.0 cm³/mol. The molecule has 5 nitrogen and oxygen atoms in total. The molecular weight excluding hydrogens is 348 g/mol. The molecule has 0 atom stereocenters. The standard InChI is InChI=1S/C17H15ClN2O3S/c1-3-23-15(22)7-12-8-20-14(9-21)16(19-17(20)24-12)11-4-5-13(18)10(2)6-11/h4-6,8-9H,3,7H2,1-2H3. The number of benzene rings is 1. The molecule has 0 bridgehead atoms. The summed E-state index contributed by atoms with van der Waals surface area (Å²) < 4.78 is 6.66. The molecule has 0 aliphatic heterocycles. The van der Waals surface area contributed by atoms with E-state index in [1.54, 1.807) is 23.6 Å². The summed E-state index contributed by atoms with van der Waals surface area (Å²) in [5.41, 5.74) is 2.82. The lowest BCUT2D eigenvalue weighted by atomic mass is 10.1. The van der Waals surface area contributed by atoms with Crippen molar-refractivity contribution in [2.45, 2.75) is 20.3 Å². The van der Waals surface area contributed by atoms with Crippen LogP contribution < -0.4 is 0 Å². The lowest BCUT2D eigenvalue weighted by Gasteiger charge is -2.02. The number of fused-ring (bicyclic) bond motifs is 1. The average molecular weight is 363 g/mol. The normalized spacial score (nSPS) is 11.0. The summed E-state index contributed by atoms with van der Waals surface area (Å²) in [7, 11) is 0. The molecule has 0 fully saturated rings. The van der Waals surface area contributed by atoms with E-state index in [0.717, 1.165) is 22.3 Å². The van der Waals surface area contributed by atoms with Crippen molar-refractivity contribution in [3.63, 3.8) is 0 Å². The Hall–Kier alpha value is -2.18. The van der Waals surface area contributed by atoms with Gasteiger partial charge < -0.3 is 4.74 Å². The molecular formula is C17H15ClN2O3S. The number of carbonyl (C=O) groups excluding carboxylic acids is 2. The zero-order valence-corrected chi connectivity index (χ0v) is 14.8. The Bertz CT molecular complexity index is 929. The summed E-state index contributed by atoms with van der Waals surface area (Å²) in [5, 5.41) is 0.671. The van der Waals surface area contributed by atoms with Crippen LogP contribution in [0.4, 0.5) is 0 Å². The van der Waals surface area contributed by atoms with Gasteiger partial charge in [0.25, 0.3) is 0 Å². The van der Waals surface area contributed by atoms with E-state index in [2.05, 4.69) is 4.98 Å². The molecule has 7 heteroatoms. The van der Waals surface area contributed by atoms with Crippen molar-refractivity contribution in [3.8, 4) is 11.3 Å². The van der Waals surface area contributed by atoms with E-state index in [-0.39, 0.29) is 12.4 Å². The lowest BCUT2D eigenvalue weighted by molar-refractivity contribution is -0.142. The lowest BCUT2D eigenvalue weighted by Crippen LogP contribution is -2.06. The highest BCUT2D eigenvalue weighted by molar-refractivity contribution is 7.17. The van der Waals surface area contributed by atoms with Crippen LogP contribution in [-0.2, 0) is 16.0 Å². The van der Waals surface area contributed by atoms with Gasteiger partial charge in [-0.2, -0.15) is 0 Å². The largest absolute Gasteiger partial charge is 0.466 e. The summed E-state index contributed by atoms with van der Waals surface area (Å²) in [6.45, 7) is 4.02. The highest BCUT2D eigenvalue weighted by Gasteiger charge is 2.18.